The zero-order valence-corrected chi connectivity index (χ0v) is 15.4. The first kappa shape index (κ1) is 18.6. The summed E-state index contributed by atoms with van der Waals surface area (Å²) >= 11 is 0. The second-order valence-corrected chi connectivity index (χ2v) is 7.01. The van der Waals surface area contributed by atoms with Gasteiger partial charge in [-0.15, -0.1) is 0 Å². The van der Waals surface area contributed by atoms with Gasteiger partial charge in [-0.1, -0.05) is 13.8 Å². The number of aryl methyl sites for hydroxylation is 2. The number of aromatic nitrogens is 2. The van der Waals surface area contributed by atoms with Gasteiger partial charge in [0.2, 0.25) is 5.95 Å². The fraction of sp³-hybridized carbons (Fsp3) is 0.722. The fourth-order valence-corrected chi connectivity index (χ4v) is 3.11. The van der Waals surface area contributed by atoms with Crippen LogP contribution in [-0.2, 0) is 16.0 Å². The maximum absolute atomic E-state index is 11.9. The summed E-state index contributed by atoms with van der Waals surface area (Å²) < 4.78 is 4.98. The van der Waals surface area contributed by atoms with E-state index in [0.29, 0.717) is 37.8 Å². The first-order chi connectivity index (χ1) is 11.3. The third kappa shape index (κ3) is 4.04. The second kappa shape index (κ2) is 7.47. The van der Waals surface area contributed by atoms with Crippen molar-refractivity contribution in [3.05, 3.63) is 17.0 Å². The zero-order chi connectivity index (χ0) is 17.9. The number of ether oxygens (including phenoxy) is 1. The van der Waals surface area contributed by atoms with Gasteiger partial charge in [-0.3, -0.25) is 0 Å². The molecule has 2 rings (SSSR count). The van der Waals surface area contributed by atoms with Crippen LogP contribution < -0.4 is 4.90 Å². The van der Waals surface area contributed by atoms with Gasteiger partial charge in [0.15, 0.2) is 5.60 Å². The van der Waals surface area contributed by atoms with Gasteiger partial charge >= 0.3 is 5.97 Å². The third-order valence-corrected chi connectivity index (χ3v) is 4.55. The highest BCUT2D eigenvalue weighted by atomic mass is 16.5. The van der Waals surface area contributed by atoms with Crippen molar-refractivity contribution in [2.75, 3.05) is 24.6 Å². The van der Waals surface area contributed by atoms with E-state index in [1.165, 1.54) is 5.56 Å². The Labute approximate surface area is 144 Å². The largest absolute Gasteiger partial charge is 0.464 e. The maximum atomic E-state index is 11.9. The highest BCUT2D eigenvalue weighted by molar-refractivity contribution is 5.79. The first-order valence-electron chi connectivity index (χ1n) is 8.75. The molecule has 0 amide bonds. The summed E-state index contributed by atoms with van der Waals surface area (Å²) in [5, 5.41) is 10.4. The summed E-state index contributed by atoms with van der Waals surface area (Å²) in [4.78, 5) is 23.2. The highest BCUT2D eigenvalue weighted by Gasteiger charge is 2.41. The lowest BCUT2D eigenvalue weighted by Crippen LogP contribution is -2.50. The zero-order valence-electron chi connectivity index (χ0n) is 15.4. The topological polar surface area (TPSA) is 75.6 Å². The minimum atomic E-state index is -1.38. The Hall–Kier alpha value is -1.69. The first-order valence-corrected chi connectivity index (χ1v) is 8.75. The van der Waals surface area contributed by atoms with Crippen molar-refractivity contribution in [2.45, 2.75) is 59.5 Å². The molecule has 1 aliphatic heterocycles. The number of nitrogens with zero attached hydrogens (tertiary/aromatic N) is 3. The number of carbonyl (C=O) groups is 1. The average Bonchev–Trinajstić information content (AvgIpc) is 2.51. The van der Waals surface area contributed by atoms with Crippen molar-refractivity contribution in [3.63, 3.8) is 0 Å². The van der Waals surface area contributed by atoms with Crippen LogP contribution in [0.15, 0.2) is 0 Å². The Morgan fingerprint density at radius 2 is 1.79 bits per heavy atom. The number of carbonyl (C=O) groups excluding carboxylic acids is 1. The molecule has 2 heterocycles. The third-order valence-electron chi connectivity index (χ3n) is 4.55. The lowest BCUT2D eigenvalue weighted by Gasteiger charge is -2.36. The van der Waals surface area contributed by atoms with Crippen molar-refractivity contribution in [3.8, 4) is 0 Å². The summed E-state index contributed by atoms with van der Waals surface area (Å²) in [6.07, 6.45) is 1.64. The van der Waals surface area contributed by atoms with E-state index in [1.54, 1.807) is 6.92 Å². The van der Waals surface area contributed by atoms with Crippen molar-refractivity contribution in [1.82, 2.24) is 9.97 Å². The van der Waals surface area contributed by atoms with Gasteiger partial charge in [0.25, 0.3) is 0 Å². The number of piperidine rings is 1. The van der Waals surface area contributed by atoms with Gasteiger partial charge in [-0.05, 0) is 38.7 Å². The van der Waals surface area contributed by atoms with Crippen molar-refractivity contribution in [2.24, 2.45) is 5.92 Å². The summed E-state index contributed by atoms with van der Waals surface area (Å²) in [6, 6.07) is 0. The molecular weight excluding hydrogens is 306 g/mol. The molecule has 1 N–H and O–H groups in total. The van der Waals surface area contributed by atoms with Crippen LogP contribution in [0.4, 0.5) is 5.95 Å². The number of rotatable bonds is 5. The summed E-state index contributed by atoms with van der Waals surface area (Å²) in [5.41, 5.74) is 1.86. The highest BCUT2D eigenvalue weighted by Crippen LogP contribution is 2.27. The number of hydrogen-bond acceptors (Lipinski definition) is 6. The molecule has 24 heavy (non-hydrogen) atoms. The summed E-state index contributed by atoms with van der Waals surface area (Å²) in [6.45, 7) is 11.5. The predicted molar refractivity (Wildman–Crippen MR) is 93.1 cm³/mol. The van der Waals surface area contributed by atoms with E-state index in [9.17, 15) is 9.90 Å². The Morgan fingerprint density at radius 1 is 1.25 bits per heavy atom. The van der Waals surface area contributed by atoms with E-state index >= 15 is 0 Å². The van der Waals surface area contributed by atoms with Crippen molar-refractivity contribution < 1.29 is 14.6 Å². The minimum Gasteiger partial charge on any atom is -0.464 e. The van der Waals surface area contributed by atoms with Crippen LogP contribution in [0.2, 0.25) is 0 Å². The van der Waals surface area contributed by atoms with Crippen LogP contribution in [-0.4, -0.2) is 46.3 Å². The molecule has 0 spiro atoms. The van der Waals surface area contributed by atoms with E-state index in [1.807, 2.05) is 18.7 Å². The molecule has 134 valence electrons. The fourth-order valence-electron chi connectivity index (χ4n) is 3.11. The summed E-state index contributed by atoms with van der Waals surface area (Å²) in [5.74, 6) is 0.722. The standard InChI is InChI=1S/C18H29N3O3/c1-6-24-16(22)18(23)7-9-21(10-8-18)17-19-13(4)15(11-12(2)3)14(5)20-17/h12,23H,6-11H2,1-5H3. The van der Waals surface area contributed by atoms with Gasteiger partial charge < -0.3 is 14.7 Å². The monoisotopic (exact) mass is 335 g/mol. The van der Waals surface area contributed by atoms with Gasteiger partial charge in [-0.25, -0.2) is 14.8 Å². The van der Waals surface area contributed by atoms with Gasteiger partial charge in [0.05, 0.1) is 6.61 Å². The molecule has 0 radical (unpaired) electrons. The van der Waals surface area contributed by atoms with E-state index in [-0.39, 0.29) is 6.61 Å². The quantitative estimate of drug-likeness (QED) is 0.831. The van der Waals surface area contributed by atoms with Crippen LogP contribution in [0.1, 0.15) is 50.6 Å². The SMILES string of the molecule is CCOC(=O)C1(O)CCN(c2nc(C)c(CC(C)C)c(C)n2)CC1. The van der Waals surface area contributed by atoms with Crippen LogP contribution in [0.3, 0.4) is 0 Å². The van der Waals surface area contributed by atoms with Gasteiger partial charge in [0.1, 0.15) is 0 Å². The van der Waals surface area contributed by atoms with Crippen LogP contribution in [0.25, 0.3) is 0 Å². The molecule has 0 unspecified atom stereocenters. The average molecular weight is 335 g/mol. The molecule has 1 aromatic rings. The molecule has 0 aromatic carbocycles. The lowest BCUT2D eigenvalue weighted by molar-refractivity contribution is -0.167. The van der Waals surface area contributed by atoms with Crippen molar-refractivity contribution in [1.29, 1.82) is 0 Å². The Bertz CT molecular complexity index is 570. The molecule has 1 saturated heterocycles. The lowest BCUT2D eigenvalue weighted by atomic mass is 9.91. The van der Waals surface area contributed by atoms with Crippen molar-refractivity contribution >= 4 is 11.9 Å². The Balaban J connectivity index is 2.11. The van der Waals surface area contributed by atoms with Gasteiger partial charge in [0, 0.05) is 37.3 Å². The minimum absolute atomic E-state index is 0.281. The molecule has 0 bridgehead atoms. The smallest absolute Gasteiger partial charge is 0.338 e. The van der Waals surface area contributed by atoms with E-state index in [2.05, 4.69) is 23.8 Å². The molecule has 6 nitrogen and oxygen atoms in total. The van der Waals surface area contributed by atoms with Gasteiger partial charge in [-0.2, -0.15) is 0 Å². The predicted octanol–water partition coefficient (Wildman–Crippen LogP) is 2.19. The maximum Gasteiger partial charge on any atom is 0.338 e. The van der Waals surface area contributed by atoms with Crippen LogP contribution in [0, 0.1) is 19.8 Å². The summed E-state index contributed by atoms with van der Waals surface area (Å²) in [7, 11) is 0. The molecule has 0 aliphatic carbocycles. The van der Waals surface area contributed by atoms with E-state index in [0.717, 1.165) is 17.8 Å². The number of anilines is 1. The van der Waals surface area contributed by atoms with E-state index < -0.39 is 11.6 Å². The molecule has 1 fully saturated rings. The molecular formula is C18H29N3O3. The number of hydrogen-bond donors (Lipinski definition) is 1. The number of aliphatic hydroxyl groups is 1. The van der Waals surface area contributed by atoms with Crippen LogP contribution >= 0.6 is 0 Å². The van der Waals surface area contributed by atoms with E-state index in [4.69, 9.17) is 4.74 Å². The van der Waals surface area contributed by atoms with Crippen LogP contribution in [0.5, 0.6) is 0 Å². The molecule has 0 atom stereocenters. The Kier molecular flexibility index (Phi) is 5.80. The molecule has 0 saturated carbocycles. The number of esters is 1. The Morgan fingerprint density at radius 3 is 2.25 bits per heavy atom. The molecule has 6 heteroatoms. The molecule has 1 aliphatic rings. The normalized spacial score (nSPS) is 17.2. The second-order valence-electron chi connectivity index (χ2n) is 7.01. The molecule has 1 aromatic heterocycles.